The standard InChI is InChI=1S/C8H10O2S2/c1-2-12(9,10)8-5-3-7(11)4-6-8/h3-6,11H,2H2,1H3. The Hall–Kier alpha value is -0.480. The van der Waals surface area contributed by atoms with Gasteiger partial charge < -0.3 is 0 Å². The normalized spacial score (nSPS) is 11.5. The van der Waals surface area contributed by atoms with Crippen molar-refractivity contribution in [2.75, 3.05) is 5.75 Å². The van der Waals surface area contributed by atoms with Crippen molar-refractivity contribution in [2.45, 2.75) is 16.7 Å². The minimum absolute atomic E-state index is 0.138. The summed E-state index contributed by atoms with van der Waals surface area (Å²) < 4.78 is 22.6. The second-order valence-electron chi connectivity index (χ2n) is 2.40. The van der Waals surface area contributed by atoms with Crippen molar-refractivity contribution in [3.63, 3.8) is 0 Å². The van der Waals surface area contributed by atoms with Crippen molar-refractivity contribution in [1.29, 1.82) is 0 Å². The van der Waals surface area contributed by atoms with Crippen LogP contribution in [0.2, 0.25) is 0 Å². The first-order chi connectivity index (χ1) is 5.56. The van der Waals surface area contributed by atoms with Crippen LogP contribution in [-0.2, 0) is 9.84 Å². The van der Waals surface area contributed by atoms with E-state index in [2.05, 4.69) is 12.6 Å². The summed E-state index contributed by atoms with van der Waals surface area (Å²) in [4.78, 5) is 1.13. The van der Waals surface area contributed by atoms with Crippen LogP contribution in [0.4, 0.5) is 0 Å². The van der Waals surface area contributed by atoms with Gasteiger partial charge in [0.2, 0.25) is 0 Å². The second-order valence-corrected chi connectivity index (χ2v) is 5.19. The molecule has 0 aliphatic rings. The molecule has 0 saturated carbocycles. The van der Waals surface area contributed by atoms with Crippen LogP contribution >= 0.6 is 12.6 Å². The van der Waals surface area contributed by atoms with E-state index in [1.165, 1.54) is 0 Å². The number of hydrogen-bond acceptors (Lipinski definition) is 3. The predicted molar refractivity (Wildman–Crippen MR) is 51.4 cm³/mol. The van der Waals surface area contributed by atoms with Crippen LogP contribution < -0.4 is 0 Å². The molecule has 1 aromatic rings. The fourth-order valence-electron chi connectivity index (χ4n) is 0.820. The lowest BCUT2D eigenvalue weighted by Gasteiger charge is -1.99. The Kier molecular flexibility index (Phi) is 2.80. The molecule has 0 fully saturated rings. The van der Waals surface area contributed by atoms with Gasteiger partial charge in [-0.15, -0.1) is 12.6 Å². The van der Waals surface area contributed by atoms with Crippen LogP contribution in [0.3, 0.4) is 0 Å². The Bertz CT molecular complexity index is 351. The van der Waals surface area contributed by atoms with E-state index in [1.807, 2.05) is 0 Å². The molecule has 0 spiro atoms. The predicted octanol–water partition coefficient (Wildman–Crippen LogP) is 1.77. The van der Waals surface area contributed by atoms with Gasteiger partial charge in [0.1, 0.15) is 0 Å². The Balaban J connectivity index is 3.14. The van der Waals surface area contributed by atoms with E-state index in [4.69, 9.17) is 0 Å². The molecular formula is C8H10O2S2. The molecule has 0 bridgehead atoms. The Morgan fingerprint density at radius 2 is 1.75 bits per heavy atom. The molecule has 0 aliphatic heterocycles. The maximum Gasteiger partial charge on any atom is 0.178 e. The van der Waals surface area contributed by atoms with Gasteiger partial charge in [-0.1, -0.05) is 6.92 Å². The zero-order valence-electron chi connectivity index (χ0n) is 6.69. The molecule has 1 rings (SSSR count). The highest BCUT2D eigenvalue weighted by atomic mass is 32.2. The summed E-state index contributed by atoms with van der Waals surface area (Å²) in [5, 5.41) is 0. The average molecular weight is 202 g/mol. The van der Waals surface area contributed by atoms with Gasteiger partial charge in [0.25, 0.3) is 0 Å². The van der Waals surface area contributed by atoms with Crippen LogP contribution in [0.25, 0.3) is 0 Å². The van der Waals surface area contributed by atoms with E-state index in [-0.39, 0.29) is 5.75 Å². The number of rotatable bonds is 2. The van der Waals surface area contributed by atoms with Gasteiger partial charge in [-0.25, -0.2) is 8.42 Å². The van der Waals surface area contributed by atoms with Crippen molar-refractivity contribution in [3.8, 4) is 0 Å². The van der Waals surface area contributed by atoms with Crippen LogP contribution in [0.5, 0.6) is 0 Å². The smallest absolute Gasteiger partial charge is 0.178 e. The molecule has 0 aliphatic carbocycles. The summed E-state index contributed by atoms with van der Waals surface area (Å²) in [5.74, 6) is 0.138. The molecule has 4 heteroatoms. The van der Waals surface area contributed by atoms with Crippen LogP contribution in [-0.4, -0.2) is 14.2 Å². The van der Waals surface area contributed by atoms with E-state index in [0.29, 0.717) is 4.90 Å². The van der Waals surface area contributed by atoms with E-state index in [0.717, 1.165) is 4.90 Å². The van der Waals surface area contributed by atoms with Crippen LogP contribution in [0.15, 0.2) is 34.1 Å². The minimum Gasteiger partial charge on any atom is -0.224 e. The van der Waals surface area contributed by atoms with E-state index >= 15 is 0 Å². The highest BCUT2D eigenvalue weighted by molar-refractivity contribution is 7.91. The molecule has 0 radical (unpaired) electrons. The summed E-state index contributed by atoms with van der Waals surface area (Å²) in [5.41, 5.74) is 0. The Morgan fingerprint density at radius 3 is 2.17 bits per heavy atom. The number of benzene rings is 1. The molecule has 0 saturated heterocycles. The largest absolute Gasteiger partial charge is 0.224 e. The third-order valence-corrected chi connectivity index (χ3v) is 3.62. The summed E-state index contributed by atoms with van der Waals surface area (Å²) >= 11 is 4.06. The van der Waals surface area contributed by atoms with Gasteiger partial charge in [0.05, 0.1) is 10.6 Å². The Morgan fingerprint density at radius 1 is 1.25 bits per heavy atom. The SMILES string of the molecule is CCS(=O)(=O)c1ccc(S)cc1. The van der Waals surface area contributed by atoms with Gasteiger partial charge in [0, 0.05) is 4.90 Å². The summed E-state index contributed by atoms with van der Waals surface area (Å²) in [6, 6.07) is 6.49. The van der Waals surface area contributed by atoms with Crippen molar-refractivity contribution >= 4 is 22.5 Å². The maximum atomic E-state index is 11.3. The molecule has 1 aromatic carbocycles. The van der Waals surface area contributed by atoms with Gasteiger partial charge in [0.15, 0.2) is 9.84 Å². The monoisotopic (exact) mass is 202 g/mol. The van der Waals surface area contributed by atoms with Crippen LogP contribution in [0.1, 0.15) is 6.92 Å². The molecule has 12 heavy (non-hydrogen) atoms. The molecule has 2 nitrogen and oxygen atoms in total. The molecule has 0 amide bonds. The fourth-order valence-corrected chi connectivity index (χ4v) is 1.85. The first kappa shape index (κ1) is 9.61. The van der Waals surface area contributed by atoms with Crippen LogP contribution in [0, 0.1) is 0 Å². The quantitative estimate of drug-likeness (QED) is 0.742. The molecule has 66 valence electrons. The summed E-state index contributed by atoms with van der Waals surface area (Å²) in [6.45, 7) is 1.63. The highest BCUT2D eigenvalue weighted by Crippen LogP contribution is 2.13. The second kappa shape index (κ2) is 3.49. The molecular weight excluding hydrogens is 192 g/mol. The topological polar surface area (TPSA) is 34.1 Å². The molecule has 0 aromatic heterocycles. The first-order valence-electron chi connectivity index (χ1n) is 3.58. The number of thiol groups is 1. The Labute approximate surface area is 77.9 Å². The lowest BCUT2D eigenvalue weighted by Crippen LogP contribution is -2.02. The lowest BCUT2D eigenvalue weighted by molar-refractivity contribution is 0.597. The highest BCUT2D eigenvalue weighted by Gasteiger charge is 2.09. The fraction of sp³-hybridized carbons (Fsp3) is 0.250. The van der Waals surface area contributed by atoms with Gasteiger partial charge in [-0.2, -0.15) is 0 Å². The number of hydrogen-bond donors (Lipinski definition) is 1. The van der Waals surface area contributed by atoms with Gasteiger partial charge in [-0.3, -0.25) is 0 Å². The molecule has 0 unspecified atom stereocenters. The minimum atomic E-state index is -3.05. The third kappa shape index (κ3) is 2.01. The molecule has 0 atom stereocenters. The van der Waals surface area contributed by atoms with E-state index < -0.39 is 9.84 Å². The third-order valence-electron chi connectivity index (χ3n) is 1.58. The molecule has 0 heterocycles. The van der Waals surface area contributed by atoms with Crippen molar-refractivity contribution < 1.29 is 8.42 Å². The zero-order valence-corrected chi connectivity index (χ0v) is 8.40. The zero-order chi connectivity index (χ0) is 9.19. The van der Waals surface area contributed by atoms with Gasteiger partial charge in [-0.05, 0) is 24.3 Å². The first-order valence-corrected chi connectivity index (χ1v) is 5.68. The summed E-state index contributed by atoms with van der Waals surface area (Å²) in [7, 11) is -3.05. The van der Waals surface area contributed by atoms with Crippen molar-refractivity contribution in [3.05, 3.63) is 24.3 Å². The maximum absolute atomic E-state index is 11.3. The average Bonchev–Trinajstić information content (AvgIpc) is 2.05. The van der Waals surface area contributed by atoms with Gasteiger partial charge >= 0.3 is 0 Å². The van der Waals surface area contributed by atoms with Crippen molar-refractivity contribution in [1.82, 2.24) is 0 Å². The van der Waals surface area contributed by atoms with Crippen molar-refractivity contribution in [2.24, 2.45) is 0 Å². The van der Waals surface area contributed by atoms with E-state index in [1.54, 1.807) is 31.2 Å². The summed E-state index contributed by atoms with van der Waals surface area (Å²) in [6.07, 6.45) is 0. The lowest BCUT2D eigenvalue weighted by atomic mass is 10.4. The number of sulfone groups is 1. The van der Waals surface area contributed by atoms with E-state index in [9.17, 15) is 8.42 Å². The molecule has 0 N–H and O–H groups in total.